The number of hydrogen-bond acceptors (Lipinski definition) is 2. The Morgan fingerprint density at radius 2 is 2.16 bits per heavy atom. The Hall–Kier alpha value is -1.79. The van der Waals surface area contributed by atoms with Gasteiger partial charge in [0.25, 0.3) is 5.91 Å². The molecule has 1 fully saturated rings. The number of carbonyl (C=O) groups excluding carboxylic acids is 1. The van der Waals surface area contributed by atoms with Crippen LogP contribution in [0.25, 0.3) is 0 Å². The van der Waals surface area contributed by atoms with Gasteiger partial charge in [0.05, 0.1) is 0 Å². The predicted molar refractivity (Wildman–Crippen MR) is 74.8 cm³/mol. The first-order chi connectivity index (χ1) is 9.10. The zero-order valence-electron chi connectivity index (χ0n) is 11.4. The van der Waals surface area contributed by atoms with Crippen LogP contribution in [0.15, 0.2) is 18.2 Å². The van der Waals surface area contributed by atoms with Crippen LogP contribution < -0.4 is 0 Å². The maximum absolute atomic E-state index is 12.3. The molecular weight excluding hydrogens is 238 g/mol. The van der Waals surface area contributed by atoms with Gasteiger partial charge in [-0.25, -0.2) is 0 Å². The average Bonchev–Trinajstić information content (AvgIpc) is 3.18. The van der Waals surface area contributed by atoms with E-state index in [-0.39, 0.29) is 12.5 Å². The molecule has 19 heavy (non-hydrogen) atoms. The zero-order chi connectivity index (χ0) is 13.8. The summed E-state index contributed by atoms with van der Waals surface area (Å²) in [5.74, 6) is 6.19. The second kappa shape index (κ2) is 5.90. The Bertz CT molecular complexity index is 535. The van der Waals surface area contributed by atoms with Crippen LogP contribution in [-0.4, -0.2) is 36.1 Å². The van der Waals surface area contributed by atoms with Crippen molar-refractivity contribution in [2.24, 2.45) is 5.92 Å². The van der Waals surface area contributed by atoms with Gasteiger partial charge in [0.1, 0.15) is 6.61 Å². The van der Waals surface area contributed by atoms with Crippen molar-refractivity contribution in [1.82, 2.24) is 4.90 Å². The zero-order valence-corrected chi connectivity index (χ0v) is 11.4. The minimum atomic E-state index is -0.168. The van der Waals surface area contributed by atoms with E-state index in [0.717, 1.165) is 17.7 Å². The van der Waals surface area contributed by atoms with E-state index < -0.39 is 0 Å². The third kappa shape index (κ3) is 3.84. The average molecular weight is 257 g/mol. The summed E-state index contributed by atoms with van der Waals surface area (Å²) in [6.07, 6.45) is 2.47. The number of nitrogens with zero attached hydrogens (tertiary/aromatic N) is 1. The van der Waals surface area contributed by atoms with Crippen LogP contribution >= 0.6 is 0 Å². The number of carbonyl (C=O) groups is 1. The normalized spacial score (nSPS) is 13.6. The highest BCUT2D eigenvalue weighted by Crippen LogP contribution is 2.29. The Labute approximate surface area is 114 Å². The molecule has 1 aliphatic rings. The number of benzene rings is 1. The SMILES string of the molecule is Cc1cc(C#CCO)cc(C(=O)N(C)CC2CC2)c1. The molecule has 2 rings (SSSR count). The number of rotatable bonds is 3. The van der Waals surface area contributed by atoms with Gasteiger partial charge in [-0.2, -0.15) is 0 Å². The molecule has 100 valence electrons. The first kappa shape index (κ1) is 13.6. The maximum Gasteiger partial charge on any atom is 0.253 e. The summed E-state index contributed by atoms with van der Waals surface area (Å²) in [4.78, 5) is 14.1. The highest BCUT2D eigenvalue weighted by molar-refractivity contribution is 5.94. The predicted octanol–water partition coefficient (Wildman–Crippen LogP) is 1.82. The van der Waals surface area contributed by atoms with E-state index >= 15 is 0 Å². The van der Waals surface area contributed by atoms with Crippen molar-refractivity contribution in [3.63, 3.8) is 0 Å². The molecule has 0 atom stereocenters. The lowest BCUT2D eigenvalue weighted by atomic mass is 10.1. The Morgan fingerprint density at radius 1 is 1.42 bits per heavy atom. The molecule has 1 aliphatic carbocycles. The molecule has 0 heterocycles. The minimum absolute atomic E-state index is 0.0441. The van der Waals surface area contributed by atoms with E-state index in [4.69, 9.17) is 5.11 Å². The summed E-state index contributed by atoms with van der Waals surface area (Å²) < 4.78 is 0. The molecule has 3 nitrogen and oxygen atoms in total. The fraction of sp³-hybridized carbons (Fsp3) is 0.438. The molecular formula is C16H19NO2. The number of aryl methyl sites for hydroxylation is 1. The molecule has 1 amide bonds. The second-order valence-electron chi connectivity index (χ2n) is 5.18. The van der Waals surface area contributed by atoms with Gasteiger partial charge in [0, 0.05) is 24.7 Å². The standard InChI is InChI=1S/C16H19NO2/c1-12-8-14(4-3-7-18)10-15(9-12)16(19)17(2)11-13-5-6-13/h8-10,13,18H,5-7,11H2,1-2H3. The van der Waals surface area contributed by atoms with Crippen LogP contribution in [0, 0.1) is 24.7 Å². The minimum Gasteiger partial charge on any atom is -0.384 e. The second-order valence-corrected chi connectivity index (χ2v) is 5.18. The van der Waals surface area contributed by atoms with Gasteiger partial charge in [-0.15, -0.1) is 0 Å². The molecule has 1 N–H and O–H groups in total. The van der Waals surface area contributed by atoms with Crippen molar-refractivity contribution in [2.75, 3.05) is 20.2 Å². The van der Waals surface area contributed by atoms with E-state index in [1.165, 1.54) is 12.8 Å². The van der Waals surface area contributed by atoms with Crippen molar-refractivity contribution in [3.05, 3.63) is 34.9 Å². The summed E-state index contributed by atoms with van der Waals surface area (Å²) >= 11 is 0. The molecule has 3 heteroatoms. The van der Waals surface area contributed by atoms with Gasteiger partial charge in [0.2, 0.25) is 0 Å². The van der Waals surface area contributed by atoms with E-state index in [1.54, 1.807) is 11.0 Å². The van der Waals surface area contributed by atoms with Crippen LogP contribution in [0.5, 0.6) is 0 Å². The Balaban J connectivity index is 2.17. The molecule has 0 aliphatic heterocycles. The lowest BCUT2D eigenvalue weighted by Gasteiger charge is -2.17. The summed E-state index contributed by atoms with van der Waals surface area (Å²) in [6, 6.07) is 5.59. The van der Waals surface area contributed by atoms with Gasteiger partial charge in [-0.1, -0.05) is 11.8 Å². The van der Waals surface area contributed by atoms with Gasteiger partial charge in [-0.3, -0.25) is 4.79 Å². The van der Waals surface area contributed by atoms with Crippen molar-refractivity contribution >= 4 is 5.91 Å². The first-order valence-electron chi connectivity index (χ1n) is 6.57. The van der Waals surface area contributed by atoms with Crippen LogP contribution in [-0.2, 0) is 0 Å². The van der Waals surface area contributed by atoms with Crippen LogP contribution in [0.4, 0.5) is 0 Å². The number of aliphatic hydroxyl groups excluding tert-OH is 1. The number of aliphatic hydroxyl groups is 1. The maximum atomic E-state index is 12.3. The highest BCUT2D eigenvalue weighted by atomic mass is 16.2. The summed E-state index contributed by atoms with van der Waals surface area (Å²) in [5, 5.41) is 8.72. The monoisotopic (exact) mass is 257 g/mol. The fourth-order valence-electron chi connectivity index (χ4n) is 2.11. The third-order valence-electron chi connectivity index (χ3n) is 3.21. The first-order valence-corrected chi connectivity index (χ1v) is 6.57. The molecule has 0 spiro atoms. The molecule has 0 aromatic heterocycles. The van der Waals surface area contributed by atoms with Crippen molar-refractivity contribution < 1.29 is 9.90 Å². The largest absolute Gasteiger partial charge is 0.384 e. The Morgan fingerprint density at radius 3 is 2.79 bits per heavy atom. The summed E-state index contributed by atoms with van der Waals surface area (Å²) in [7, 11) is 1.85. The molecule has 0 saturated heterocycles. The third-order valence-corrected chi connectivity index (χ3v) is 3.21. The molecule has 1 aromatic rings. The van der Waals surface area contributed by atoms with Crippen molar-refractivity contribution in [3.8, 4) is 11.8 Å². The van der Waals surface area contributed by atoms with Gasteiger partial charge >= 0.3 is 0 Å². The van der Waals surface area contributed by atoms with E-state index in [0.29, 0.717) is 11.5 Å². The van der Waals surface area contributed by atoms with Crippen LogP contribution in [0.2, 0.25) is 0 Å². The fourth-order valence-corrected chi connectivity index (χ4v) is 2.11. The van der Waals surface area contributed by atoms with Gasteiger partial charge in [-0.05, 0) is 49.4 Å². The van der Waals surface area contributed by atoms with Gasteiger partial charge in [0.15, 0.2) is 0 Å². The van der Waals surface area contributed by atoms with Crippen molar-refractivity contribution in [1.29, 1.82) is 0 Å². The summed E-state index contributed by atoms with van der Waals surface area (Å²) in [6.45, 7) is 2.62. The van der Waals surface area contributed by atoms with Gasteiger partial charge < -0.3 is 10.0 Å². The molecule has 1 saturated carbocycles. The molecule has 0 bridgehead atoms. The topological polar surface area (TPSA) is 40.5 Å². The lowest BCUT2D eigenvalue weighted by Crippen LogP contribution is -2.28. The quantitative estimate of drug-likeness (QED) is 0.839. The van der Waals surface area contributed by atoms with Crippen LogP contribution in [0.3, 0.4) is 0 Å². The van der Waals surface area contributed by atoms with Crippen LogP contribution in [0.1, 0.15) is 34.3 Å². The lowest BCUT2D eigenvalue weighted by molar-refractivity contribution is 0.0788. The van der Waals surface area contributed by atoms with E-state index in [1.807, 2.05) is 26.1 Å². The smallest absolute Gasteiger partial charge is 0.253 e. The Kier molecular flexibility index (Phi) is 4.24. The van der Waals surface area contributed by atoms with E-state index in [9.17, 15) is 4.79 Å². The number of amides is 1. The van der Waals surface area contributed by atoms with Crippen molar-refractivity contribution in [2.45, 2.75) is 19.8 Å². The highest BCUT2D eigenvalue weighted by Gasteiger charge is 2.25. The molecule has 0 radical (unpaired) electrons. The number of hydrogen-bond donors (Lipinski definition) is 1. The summed E-state index contributed by atoms with van der Waals surface area (Å²) in [5.41, 5.74) is 2.45. The molecule has 1 aromatic carbocycles. The molecule has 0 unspecified atom stereocenters. The van der Waals surface area contributed by atoms with E-state index in [2.05, 4.69) is 11.8 Å².